The Morgan fingerprint density at radius 1 is 1.09 bits per heavy atom. The van der Waals surface area contributed by atoms with Crippen LogP contribution in [0.5, 0.6) is 0 Å². The van der Waals surface area contributed by atoms with E-state index in [-0.39, 0.29) is 22.7 Å². The Labute approximate surface area is 252 Å². The van der Waals surface area contributed by atoms with Crippen molar-refractivity contribution in [2.24, 2.45) is 5.92 Å². The smallest absolute Gasteiger partial charge is 0.378 e. The highest BCUT2D eigenvalue weighted by Gasteiger charge is 2.28. The lowest BCUT2D eigenvalue weighted by atomic mass is 9.80. The number of ether oxygens (including phenoxy) is 1. The number of fused-ring (bicyclic) bond motifs is 1. The van der Waals surface area contributed by atoms with E-state index in [9.17, 15) is 9.18 Å². The highest BCUT2D eigenvalue weighted by Crippen LogP contribution is 2.34. The van der Waals surface area contributed by atoms with Crippen molar-refractivity contribution in [3.05, 3.63) is 81.6 Å². The number of rotatable bonds is 7. The summed E-state index contributed by atoms with van der Waals surface area (Å²) in [6.45, 7) is 4.90. The van der Waals surface area contributed by atoms with E-state index in [1.54, 1.807) is 12.1 Å². The van der Waals surface area contributed by atoms with E-state index in [1.165, 1.54) is 12.5 Å². The molecule has 13 heteroatoms. The fraction of sp³-hybridized carbons (Fsp3) is 0.367. The molecule has 7 rings (SSSR count). The van der Waals surface area contributed by atoms with E-state index in [2.05, 4.69) is 36.8 Å². The quantitative estimate of drug-likeness (QED) is 0.259. The Morgan fingerprint density at radius 3 is 2.42 bits per heavy atom. The van der Waals surface area contributed by atoms with Gasteiger partial charge in [0.25, 0.3) is 0 Å². The fourth-order valence-electron chi connectivity index (χ4n) is 5.19. The molecule has 1 aliphatic carbocycles. The number of benzene rings is 2. The second-order valence-electron chi connectivity index (χ2n) is 10.6. The molecule has 43 heavy (non-hydrogen) atoms. The molecule has 2 N–H and O–H groups in total. The molecule has 2 fully saturated rings. The highest BCUT2D eigenvalue weighted by molar-refractivity contribution is 6.30. The number of imidazole rings is 1. The van der Waals surface area contributed by atoms with Crippen molar-refractivity contribution in [3.8, 4) is 11.6 Å². The van der Waals surface area contributed by atoms with Gasteiger partial charge in [-0.15, -0.1) is 0 Å². The van der Waals surface area contributed by atoms with Crippen LogP contribution in [0.25, 0.3) is 22.8 Å². The average Bonchev–Trinajstić information content (AvgIpc) is 3.59. The summed E-state index contributed by atoms with van der Waals surface area (Å²) < 4.78 is 26.6. The Balaban J connectivity index is 0.000000491. The van der Waals surface area contributed by atoms with Crippen LogP contribution in [0.2, 0.25) is 5.02 Å². The van der Waals surface area contributed by atoms with Gasteiger partial charge in [0.15, 0.2) is 11.5 Å². The van der Waals surface area contributed by atoms with Crippen LogP contribution in [0.1, 0.15) is 31.7 Å². The van der Waals surface area contributed by atoms with E-state index in [0.717, 1.165) is 18.4 Å². The SMILES string of the molecule is CC(Nc1nc(-c2noc(=O)[nH]2)nc2nc(N3CCOCC3)n(Cc3ccc(Cl)c(F)c3)c12)C1CCC1.c1ccccc1. The van der Waals surface area contributed by atoms with Crippen LogP contribution >= 0.6 is 11.6 Å². The van der Waals surface area contributed by atoms with E-state index in [4.69, 9.17) is 26.3 Å². The second kappa shape index (κ2) is 12.9. The van der Waals surface area contributed by atoms with Crippen molar-refractivity contribution in [2.45, 2.75) is 38.8 Å². The molecular weight excluding hydrogens is 575 g/mol. The van der Waals surface area contributed by atoms with Gasteiger partial charge in [0.1, 0.15) is 11.3 Å². The lowest BCUT2D eigenvalue weighted by Crippen LogP contribution is -2.38. The van der Waals surface area contributed by atoms with Crippen molar-refractivity contribution < 1.29 is 13.7 Å². The first-order valence-corrected chi connectivity index (χ1v) is 14.7. The van der Waals surface area contributed by atoms with Crippen molar-refractivity contribution in [2.75, 3.05) is 36.5 Å². The molecule has 2 aromatic carbocycles. The van der Waals surface area contributed by atoms with Gasteiger partial charge >= 0.3 is 5.76 Å². The summed E-state index contributed by atoms with van der Waals surface area (Å²) in [6.07, 6.45) is 3.50. The Kier molecular flexibility index (Phi) is 8.66. The van der Waals surface area contributed by atoms with Crippen LogP contribution in [-0.4, -0.2) is 62.0 Å². The number of nitrogens with one attached hydrogen (secondary N) is 2. The average molecular weight is 607 g/mol. The molecule has 1 unspecified atom stereocenters. The third-order valence-corrected chi connectivity index (χ3v) is 8.05. The number of nitrogens with zero attached hydrogens (tertiary/aromatic N) is 6. The molecule has 11 nitrogen and oxygen atoms in total. The molecule has 0 radical (unpaired) electrons. The normalized spacial score (nSPS) is 15.9. The number of H-pyrrole nitrogens is 1. The highest BCUT2D eigenvalue weighted by atomic mass is 35.5. The third-order valence-electron chi connectivity index (χ3n) is 7.74. The van der Waals surface area contributed by atoms with Crippen molar-refractivity contribution in [1.29, 1.82) is 0 Å². The lowest BCUT2D eigenvalue weighted by molar-refractivity contribution is 0.121. The first-order chi connectivity index (χ1) is 21.0. The summed E-state index contributed by atoms with van der Waals surface area (Å²) in [5.74, 6) is 0.895. The maximum atomic E-state index is 14.3. The van der Waals surface area contributed by atoms with Crippen LogP contribution in [0.4, 0.5) is 16.2 Å². The summed E-state index contributed by atoms with van der Waals surface area (Å²) in [5.41, 5.74) is 1.82. The number of aromatic amines is 1. The zero-order valence-corrected chi connectivity index (χ0v) is 24.4. The molecule has 4 heterocycles. The lowest BCUT2D eigenvalue weighted by Gasteiger charge is -2.32. The largest absolute Gasteiger partial charge is 0.439 e. The number of aromatic nitrogens is 6. The van der Waals surface area contributed by atoms with Crippen LogP contribution < -0.4 is 16.0 Å². The Morgan fingerprint density at radius 2 is 1.81 bits per heavy atom. The summed E-state index contributed by atoms with van der Waals surface area (Å²) in [5, 5.41) is 7.40. The van der Waals surface area contributed by atoms with Crippen LogP contribution in [0.15, 0.2) is 63.9 Å². The van der Waals surface area contributed by atoms with Crippen molar-refractivity contribution in [1.82, 2.24) is 29.7 Å². The van der Waals surface area contributed by atoms with Gasteiger partial charge in [-0.3, -0.25) is 9.51 Å². The molecule has 1 aliphatic heterocycles. The van der Waals surface area contributed by atoms with Crippen molar-refractivity contribution >= 4 is 34.5 Å². The number of hydrogen-bond donors (Lipinski definition) is 2. The summed E-state index contributed by atoms with van der Waals surface area (Å²) in [4.78, 5) is 30.5. The summed E-state index contributed by atoms with van der Waals surface area (Å²) in [6, 6.07) is 16.9. The molecule has 2 aliphatic rings. The maximum Gasteiger partial charge on any atom is 0.439 e. The predicted octanol–water partition coefficient (Wildman–Crippen LogP) is 5.13. The minimum Gasteiger partial charge on any atom is -0.378 e. The van der Waals surface area contributed by atoms with E-state index in [0.29, 0.717) is 61.7 Å². The molecule has 224 valence electrons. The number of anilines is 2. The number of morpholine rings is 1. The molecule has 1 saturated carbocycles. The Hall–Kier alpha value is -4.29. The molecule has 0 spiro atoms. The molecule has 0 amide bonds. The second-order valence-corrected chi connectivity index (χ2v) is 11.0. The maximum absolute atomic E-state index is 14.3. The molecular formula is C30H32ClFN8O3. The molecule has 5 aromatic rings. The Bertz CT molecular complexity index is 1700. The molecule has 3 aromatic heterocycles. The molecule has 1 saturated heterocycles. The number of halogens is 2. The van der Waals surface area contributed by atoms with Gasteiger partial charge in [0, 0.05) is 19.1 Å². The predicted molar refractivity (Wildman–Crippen MR) is 162 cm³/mol. The van der Waals surface area contributed by atoms with Gasteiger partial charge in [0.2, 0.25) is 17.6 Å². The van der Waals surface area contributed by atoms with Crippen molar-refractivity contribution in [3.63, 3.8) is 0 Å². The van der Waals surface area contributed by atoms with Gasteiger partial charge in [-0.1, -0.05) is 65.6 Å². The van der Waals surface area contributed by atoms with Gasteiger partial charge in [0.05, 0.1) is 24.8 Å². The summed E-state index contributed by atoms with van der Waals surface area (Å²) in [7, 11) is 0. The topological polar surface area (TPSA) is 127 Å². The molecule has 0 bridgehead atoms. The van der Waals surface area contributed by atoms with Gasteiger partial charge in [-0.2, -0.15) is 4.98 Å². The third kappa shape index (κ3) is 6.55. The van der Waals surface area contributed by atoms with Crippen LogP contribution in [0, 0.1) is 11.7 Å². The minimum absolute atomic E-state index is 0.0684. The monoisotopic (exact) mass is 606 g/mol. The first-order valence-electron chi connectivity index (χ1n) is 14.3. The van der Waals surface area contributed by atoms with E-state index >= 15 is 0 Å². The van der Waals surface area contributed by atoms with Crippen LogP contribution in [0.3, 0.4) is 0 Å². The zero-order valence-electron chi connectivity index (χ0n) is 23.7. The van der Waals surface area contributed by atoms with Gasteiger partial charge < -0.3 is 19.5 Å². The van der Waals surface area contributed by atoms with E-state index < -0.39 is 11.6 Å². The van der Waals surface area contributed by atoms with Gasteiger partial charge in [-0.05, 0) is 43.4 Å². The molecule has 1 atom stereocenters. The number of hydrogen-bond acceptors (Lipinski definition) is 9. The fourth-order valence-corrected chi connectivity index (χ4v) is 5.31. The summed E-state index contributed by atoms with van der Waals surface area (Å²) >= 11 is 5.93. The van der Waals surface area contributed by atoms with Crippen LogP contribution in [-0.2, 0) is 11.3 Å². The van der Waals surface area contributed by atoms with Gasteiger partial charge in [-0.25, -0.2) is 19.2 Å². The van der Waals surface area contributed by atoms with E-state index in [1.807, 2.05) is 41.0 Å². The standard InChI is InChI=1S/C24H26ClFN8O3.C6H6/c1-13(15-3-2-4-15)27-19-18-20(29-21(28-19)22-31-24(35)37-32-22)30-23(33-7-9-36-10-8-33)34(18)12-14-5-6-16(25)17(26)11-14;1-2-4-6-5-3-1/h5-6,11,13,15H,2-4,7-10,12H2,1H3,(H,27,28,29)(H,31,32,35);1-6H. The first kappa shape index (κ1) is 28.8. The minimum atomic E-state index is -0.694. The zero-order chi connectivity index (χ0) is 29.8.